The molecule has 0 bridgehead atoms. The second-order valence-corrected chi connectivity index (χ2v) is 6.35. The minimum atomic E-state index is -0.0762. The van der Waals surface area contributed by atoms with Crippen molar-refractivity contribution in [3.8, 4) is 11.3 Å². The minimum absolute atomic E-state index is 0.0762. The van der Waals surface area contributed by atoms with Crippen LogP contribution < -0.4 is 0 Å². The Morgan fingerprint density at radius 2 is 2.11 bits per heavy atom. The lowest BCUT2D eigenvalue weighted by Crippen LogP contribution is -2.25. The van der Waals surface area contributed by atoms with Crippen LogP contribution in [0, 0.1) is 5.92 Å². The van der Waals surface area contributed by atoms with E-state index in [1.165, 1.54) is 16.1 Å². The number of fused-ring (bicyclic) bond motifs is 3. The molecule has 1 fully saturated rings. The first-order chi connectivity index (χ1) is 8.84. The molecule has 0 amide bonds. The summed E-state index contributed by atoms with van der Waals surface area (Å²) >= 11 is 1.86. The highest BCUT2D eigenvalue weighted by molar-refractivity contribution is 7.10. The van der Waals surface area contributed by atoms with E-state index in [1.54, 1.807) is 0 Å². The van der Waals surface area contributed by atoms with E-state index in [9.17, 15) is 5.11 Å². The molecular weight excluding hydrogens is 244 g/mol. The minimum Gasteiger partial charge on any atom is -0.393 e. The summed E-state index contributed by atoms with van der Waals surface area (Å²) in [6, 6.07) is 2.68. The maximum atomic E-state index is 9.66. The lowest BCUT2D eigenvalue weighted by molar-refractivity contribution is 0.0991. The molecule has 1 aliphatic heterocycles. The van der Waals surface area contributed by atoms with Crippen molar-refractivity contribution in [2.24, 2.45) is 5.92 Å². The van der Waals surface area contributed by atoms with Gasteiger partial charge in [0.2, 0.25) is 0 Å². The number of aliphatic hydroxyl groups excluding tert-OH is 1. The maximum absolute atomic E-state index is 9.66. The second-order valence-electron chi connectivity index (χ2n) is 5.40. The number of hydrogen-bond acceptors (Lipinski definition) is 3. The van der Waals surface area contributed by atoms with E-state index >= 15 is 0 Å². The molecule has 94 valence electrons. The van der Waals surface area contributed by atoms with Crippen molar-refractivity contribution in [1.82, 2.24) is 9.55 Å². The number of aromatic nitrogens is 2. The van der Waals surface area contributed by atoms with Gasteiger partial charge in [0.15, 0.2) is 0 Å². The average molecular weight is 260 g/mol. The Hall–Kier alpha value is -1.13. The van der Waals surface area contributed by atoms with E-state index in [-0.39, 0.29) is 6.10 Å². The monoisotopic (exact) mass is 260 g/mol. The molecule has 4 rings (SSSR count). The highest BCUT2D eigenvalue weighted by Crippen LogP contribution is 2.49. The maximum Gasteiger partial charge on any atom is 0.0957 e. The Morgan fingerprint density at radius 3 is 2.94 bits per heavy atom. The Morgan fingerprint density at radius 1 is 1.28 bits per heavy atom. The van der Waals surface area contributed by atoms with Crippen molar-refractivity contribution < 1.29 is 5.11 Å². The third-order valence-corrected chi connectivity index (χ3v) is 5.38. The highest BCUT2D eigenvalue weighted by Gasteiger charge is 2.36. The molecule has 4 heteroatoms. The van der Waals surface area contributed by atoms with Crippen molar-refractivity contribution in [3.05, 3.63) is 28.8 Å². The summed E-state index contributed by atoms with van der Waals surface area (Å²) in [4.78, 5) is 5.79. The molecule has 3 heterocycles. The Bertz CT molecular complexity index is 526. The standard InChI is InChI=1S/C14H16N2OS/c17-10-3-1-9(2-4-10)13-14-11(5-6-18-14)12-7-15-8-16(12)13/h5-10,13,17H,1-4H2/t9?,10?,13-/m1/s1. The zero-order chi connectivity index (χ0) is 12.1. The van der Waals surface area contributed by atoms with Crippen molar-refractivity contribution in [3.63, 3.8) is 0 Å². The van der Waals surface area contributed by atoms with Gasteiger partial charge in [-0.2, -0.15) is 0 Å². The second kappa shape index (κ2) is 3.93. The fourth-order valence-corrected chi connectivity index (χ4v) is 4.58. The van der Waals surface area contributed by atoms with Crippen molar-refractivity contribution in [1.29, 1.82) is 0 Å². The lowest BCUT2D eigenvalue weighted by atomic mass is 9.82. The van der Waals surface area contributed by atoms with Gasteiger partial charge in [-0.1, -0.05) is 0 Å². The molecule has 1 aliphatic carbocycles. The molecule has 1 N–H and O–H groups in total. The lowest BCUT2D eigenvalue weighted by Gasteiger charge is -2.30. The van der Waals surface area contributed by atoms with Crippen LogP contribution in [0.15, 0.2) is 24.0 Å². The van der Waals surface area contributed by atoms with Crippen LogP contribution in [-0.4, -0.2) is 20.8 Å². The van der Waals surface area contributed by atoms with Crippen LogP contribution in [0.3, 0.4) is 0 Å². The number of nitrogens with zero attached hydrogens (tertiary/aromatic N) is 2. The van der Waals surface area contributed by atoms with Crippen LogP contribution in [-0.2, 0) is 0 Å². The van der Waals surface area contributed by atoms with E-state index in [4.69, 9.17) is 0 Å². The van der Waals surface area contributed by atoms with Crippen LogP contribution in [0.1, 0.15) is 36.6 Å². The molecule has 0 saturated heterocycles. The van der Waals surface area contributed by atoms with E-state index in [2.05, 4.69) is 21.0 Å². The average Bonchev–Trinajstić information content (AvgIpc) is 3.03. The fourth-order valence-electron chi connectivity index (χ4n) is 3.48. The fraction of sp³-hybridized carbons (Fsp3) is 0.500. The number of aliphatic hydroxyl groups is 1. The third-order valence-electron chi connectivity index (χ3n) is 4.39. The number of thiophene rings is 1. The van der Waals surface area contributed by atoms with Crippen molar-refractivity contribution >= 4 is 11.3 Å². The summed E-state index contributed by atoms with van der Waals surface area (Å²) in [7, 11) is 0. The first-order valence-electron chi connectivity index (χ1n) is 6.62. The molecule has 1 atom stereocenters. The molecule has 0 aromatic carbocycles. The van der Waals surface area contributed by atoms with Crippen LogP contribution in [0.25, 0.3) is 11.3 Å². The number of imidazole rings is 1. The number of rotatable bonds is 1. The third kappa shape index (κ3) is 1.42. The molecule has 0 radical (unpaired) electrons. The van der Waals surface area contributed by atoms with E-state index in [1.807, 2.05) is 23.9 Å². The van der Waals surface area contributed by atoms with Crippen molar-refractivity contribution in [2.45, 2.75) is 37.8 Å². The van der Waals surface area contributed by atoms with E-state index in [0.717, 1.165) is 25.7 Å². The smallest absolute Gasteiger partial charge is 0.0957 e. The molecule has 2 aromatic rings. The summed E-state index contributed by atoms with van der Waals surface area (Å²) < 4.78 is 2.34. The molecule has 3 nitrogen and oxygen atoms in total. The summed E-state index contributed by atoms with van der Waals surface area (Å²) in [6.07, 6.45) is 8.02. The topological polar surface area (TPSA) is 38.1 Å². The predicted molar refractivity (Wildman–Crippen MR) is 71.6 cm³/mol. The SMILES string of the molecule is OC1CCC([C@@H]2c3sccc3-c3cncn32)CC1. The molecule has 2 aromatic heterocycles. The summed E-state index contributed by atoms with van der Waals surface area (Å²) in [5.41, 5.74) is 2.64. The quantitative estimate of drug-likeness (QED) is 0.855. The summed E-state index contributed by atoms with van der Waals surface area (Å²) in [5.74, 6) is 0.654. The molecule has 18 heavy (non-hydrogen) atoms. The van der Waals surface area contributed by atoms with Crippen LogP contribution in [0.2, 0.25) is 0 Å². The van der Waals surface area contributed by atoms with E-state index < -0.39 is 0 Å². The molecule has 2 aliphatic rings. The van der Waals surface area contributed by atoms with Gasteiger partial charge in [0, 0.05) is 10.4 Å². The van der Waals surface area contributed by atoms with Gasteiger partial charge in [0.1, 0.15) is 0 Å². The first kappa shape index (κ1) is 10.8. The first-order valence-corrected chi connectivity index (χ1v) is 7.50. The van der Waals surface area contributed by atoms with Gasteiger partial charge in [-0.05, 0) is 43.0 Å². The zero-order valence-electron chi connectivity index (χ0n) is 10.1. The Balaban J connectivity index is 1.74. The van der Waals surface area contributed by atoms with Gasteiger partial charge in [-0.15, -0.1) is 11.3 Å². The van der Waals surface area contributed by atoms with Crippen LogP contribution in [0.4, 0.5) is 0 Å². The molecule has 0 unspecified atom stereocenters. The van der Waals surface area contributed by atoms with Gasteiger partial charge in [-0.3, -0.25) is 0 Å². The van der Waals surface area contributed by atoms with Crippen molar-refractivity contribution in [2.75, 3.05) is 0 Å². The molecule has 0 spiro atoms. The Kier molecular flexibility index (Phi) is 2.35. The predicted octanol–water partition coefficient (Wildman–Crippen LogP) is 3.07. The largest absolute Gasteiger partial charge is 0.393 e. The normalized spacial score (nSPS) is 30.2. The Labute approximate surface area is 110 Å². The summed E-state index contributed by atoms with van der Waals surface area (Å²) in [6.45, 7) is 0. The van der Waals surface area contributed by atoms with Crippen LogP contribution in [0.5, 0.6) is 0 Å². The van der Waals surface area contributed by atoms with Gasteiger partial charge in [-0.25, -0.2) is 4.98 Å². The summed E-state index contributed by atoms with van der Waals surface area (Å²) in [5, 5.41) is 11.9. The zero-order valence-corrected chi connectivity index (χ0v) is 10.9. The van der Waals surface area contributed by atoms with E-state index in [0.29, 0.717) is 12.0 Å². The highest BCUT2D eigenvalue weighted by atomic mass is 32.1. The molecule has 1 saturated carbocycles. The molecular formula is C14H16N2OS. The van der Waals surface area contributed by atoms with Gasteiger partial charge in [0.05, 0.1) is 30.4 Å². The van der Waals surface area contributed by atoms with Gasteiger partial charge >= 0.3 is 0 Å². The van der Waals surface area contributed by atoms with Gasteiger partial charge < -0.3 is 9.67 Å². The van der Waals surface area contributed by atoms with Crippen LogP contribution >= 0.6 is 11.3 Å². The van der Waals surface area contributed by atoms with Gasteiger partial charge in [0.25, 0.3) is 0 Å². The number of hydrogen-bond donors (Lipinski definition) is 1.